The molecule has 0 aliphatic heterocycles. The summed E-state index contributed by atoms with van der Waals surface area (Å²) in [7, 11) is 0. The van der Waals surface area contributed by atoms with Crippen molar-refractivity contribution in [2.24, 2.45) is 0 Å². The van der Waals surface area contributed by atoms with E-state index in [1.54, 1.807) is 13.8 Å². The molecule has 16 heavy (non-hydrogen) atoms. The van der Waals surface area contributed by atoms with Crippen molar-refractivity contribution in [2.45, 2.75) is 36.2 Å². The summed E-state index contributed by atoms with van der Waals surface area (Å²) in [5.74, 6) is 1.63. The summed E-state index contributed by atoms with van der Waals surface area (Å²) in [5.41, 5.74) is 1.80. The normalized spacial score (nSPS) is 14.8. The summed E-state index contributed by atoms with van der Waals surface area (Å²) >= 11 is 3.03. The maximum Gasteiger partial charge on any atom is 0.0967 e. The van der Waals surface area contributed by atoms with Gasteiger partial charge in [-0.2, -0.15) is 0 Å². The molecule has 0 bridgehead atoms. The van der Waals surface area contributed by atoms with Crippen molar-refractivity contribution >= 4 is 23.5 Å². The lowest BCUT2D eigenvalue weighted by Gasteiger charge is -2.11. The molecule has 1 aromatic rings. The van der Waals surface area contributed by atoms with Crippen LogP contribution in [0.4, 0.5) is 0 Å². The van der Waals surface area contributed by atoms with Crippen LogP contribution in [0.1, 0.15) is 25.0 Å². The van der Waals surface area contributed by atoms with Crippen molar-refractivity contribution in [2.75, 3.05) is 0 Å². The number of aliphatic hydroxyl groups excluding tert-OH is 2. The second kappa shape index (κ2) is 7.22. The van der Waals surface area contributed by atoms with Gasteiger partial charge in [0.15, 0.2) is 0 Å². The average Bonchev–Trinajstić information content (AvgIpc) is 2.24. The Bertz CT molecular complexity index is 283. The lowest BCUT2D eigenvalue weighted by atomic mass is 10.1. The van der Waals surface area contributed by atoms with E-state index in [1.165, 1.54) is 34.7 Å². The molecule has 0 saturated carbocycles. The third kappa shape index (κ3) is 5.25. The molecule has 1 aromatic carbocycles. The minimum atomic E-state index is -0.336. The molecule has 4 heteroatoms. The van der Waals surface area contributed by atoms with Crippen LogP contribution in [0.25, 0.3) is 0 Å². The van der Waals surface area contributed by atoms with Gasteiger partial charge in [0.25, 0.3) is 0 Å². The standard InChI is InChI=1S/C12H18O2S2/c1-9(13)15-7-11-5-3-4-6-12(11)8-16-10(2)14/h3-6,9-10,13-14H,7-8H2,1-2H3. The lowest BCUT2D eigenvalue weighted by Crippen LogP contribution is -1.98. The van der Waals surface area contributed by atoms with Crippen LogP contribution >= 0.6 is 23.5 Å². The van der Waals surface area contributed by atoms with E-state index in [0.29, 0.717) is 0 Å². The first-order valence-electron chi connectivity index (χ1n) is 5.25. The van der Waals surface area contributed by atoms with E-state index in [9.17, 15) is 10.2 Å². The quantitative estimate of drug-likeness (QED) is 0.770. The van der Waals surface area contributed by atoms with Crippen LogP contribution in [0.15, 0.2) is 24.3 Å². The van der Waals surface area contributed by atoms with Crippen LogP contribution in [0, 0.1) is 0 Å². The Kier molecular flexibility index (Phi) is 6.28. The van der Waals surface area contributed by atoms with E-state index in [-0.39, 0.29) is 10.9 Å². The molecule has 2 N–H and O–H groups in total. The van der Waals surface area contributed by atoms with Gasteiger partial charge in [0, 0.05) is 11.5 Å². The molecule has 2 unspecified atom stereocenters. The van der Waals surface area contributed by atoms with Crippen LogP contribution in [0.3, 0.4) is 0 Å². The van der Waals surface area contributed by atoms with Crippen molar-refractivity contribution in [3.05, 3.63) is 35.4 Å². The molecule has 2 atom stereocenters. The van der Waals surface area contributed by atoms with Crippen molar-refractivity contribution < 1.29 is 10.2 Å². The van der Waals surface area contributed by atoms with Crippen molar-refractivity contribution in [3.63, 3.8) is 0 Å². The Morgan fingerprint density at radius 2 is 1.31 bits per heavy atom. The highest BCUT2D eigenvalue weighted by molar-refractivity contribution is 7.99. The van der Waals surface area contributed by atoms with E-state index in [4.69, 9.17) is 0 Å². The first kappa shape index (κ1) is 13.9. The maximum absolute atomic E-state index is 9.24. The van der Waals surface area contributed by atoms with E-state index in [0.717, 1.165) is 11.5 Å². The Balaban J connectivity index is 2.60. The minimum Gasteiger partial charge on any atom is -0.383 e. The zero-order valence-electron chi connectivity index (χ0n) is 9.59. The van der Waals surface area contributed by atoms with Gasteiger partial charge in [-0.05, 0) is 25.0 Å². The van der Waals surface area contributed by atoms with E-state index >= 15 is 0 Å². The molecule has 0 aliphatic rings. The Morgan fingerprint density at radius 1 is 0.938 bits per heavy atom. The van der Waals surface area contributed by atoms with Crippen LogP contribution in [0.2, 0.25) is 0 Å². The molecule has 0 amide bonds. The number of benzene rings is 1. The topological polar surface area (TPSA) is 40.5 Å². The molecule has 90 valence electrons. The van der Waals surface area contributed by atoms with Gasteiger partial charge in [-0.15, -0.1) is 23.5 Å². The van der Waals surface area contributed by atoms with Gasteiger partial charge in [0.05, 0.1) is 10.9 Å². The molecular formula is C12H18O2S2. The highest BCUT2D eigenvalue weighted by Crippen LogP contribution is 2.23. The van der Waals surface area contributed by atoms with Crippen molar-refractivity contribution in [1.29, 1.82) is 0 Å². The van der Waals surface area contributed by atoms with Gasteiger partial charge in [0.1, 0.15) is 0 Å². The van der Waals surface area contributed by atoms with Gasteiger partial charge in [-0.25, -0.2) is 0 Å². The molecule has 0 aromatic heterocycles. The third-order valence-corrected chi connectivity index (χ3v) is 4.00. The molecule has 0 radical (unpaired) electrons. The summed E-state index contributed by atoms with van der Waals surface area (Å²) < 4.78 is 0. The van der Waals surface area contributed by atoms with Gasteiger partial charge < -0.3 is 10.2 Å². The number of thioether (sulfide) groups is 2. The lowest BCUT2D eigenvalue weighted by molar-refractivity contribution is 0.283. The zero-order valence-corrected chi connectivity index (χ0v) is 11.2. The first-order chi connectivity index (χ1) is 7.59. The average molecular weight is 258 g/mol. The second-order valence-electron chi connectivity index (χ2n) is 3.59. The van der Waals surface area contributed by atoms with Crippen LogP contribution in [0.5, 0.6) is 0 Å². The summed E-state index contributed by atoms with van der Waals surface area (Å²) in [6.07, 6.45) is 0. The second-order valence-corrected chi connectivity index (χ2v) is 6.20. The molecule has 1 rings (SSSR count). The summed E-state index contributed by atoms with van der Waals surface area (Å²) in [6.45, 7) is 3.55. The smallest absolute Gasteiger partial charge is 0.0967 e. The fourth-order valence-electron chi connectivity index (χ4n) is 1.26. The predicted molar refractivity (Wildman–Crippen MR) is 72.4 cm³/mol. The van der Waals surface area contributed by atoms with Gasteiger partial charge >= 0.3 is 0 Å². The van der Waals surface area contributed by atoms with Crippen LogP contribution < -0.4 is 0 Å². The van der Waals surface area contributed by atoms with Gasteiger partial charge in [0.2, 0.25) is 0 Å². The summed E-state index contributed by atoms with van der Waals surface area (Å²) in [6, 6.07) is 8.17. The first-order valence-corrected chi connectivity index (χ1v) is 7.35. The summed E-state index contributed by atoms with van der Waals surface area (Å²) in [4.78, 5) is 0. The molecular weight excluding hydrogens is 240 g/mol. The number of hydrogen-bond acceptors (Lipinski definition) is 4. The number of rotatable bonds is 6. The minimum absolute atomic E-state index is 0.336. The zero-order chi connectivity index (χ0) is 12.0. The SMILES string of the molecule is CC(O)SCc1ccccc1CSC(C)O. The molecule has 0 heterocycles. The van der Waals surface area contributed by atoms with E-state index in [2.05, 4.69) is 12.1 Å². The van der Waals surface area contributed by atoms with E-state index < -0.39 is 0 Å². The molecule has 0 fully saturated rings. The van der Waals surface area contributed by atoms with Gasteiger partial charge in [-0.3, -0.25) is 0 Å². The Labute approximate surface area is 105 Å². The fraction of sp³-hybridized carbons (Fsp3) is 0.500. The Hall–Kier alpha value is -0.160. The highest BCUT2D eigenvalue weighted by atomic mass is 32.2. The van der Waals surface area contributed by atoms with Crippen LogP contribution in [-0.4, -0.2) is 21.1 Å². The predicted octanol–water partition coefficient (Wildman–Crippen LogP) is 2.83. The highest BCUT2D eigenvalue weighted by Gasteiger charge is 2.05. The number of hydrogen-bond donors (Lipinski definition) is 2. The third-order valence-electron chi connectivity index (χ3n) is 2.08. The largest absolute Gasteiger partial charge is 0.383 e. The summed E-state index contributed by atoms with van der Waals surface area (Å²) in [5, 5.41) is 18.5. The molecule has 0 saturated heterocycles. The molecule has 0 aliphatic carbocycles. The molecule has 0 spiro atoms. The van der Waals surface area contributed by atoms with E-state index in [1.807, 2.05) is 12.1 Å². The van der Waals surface area contributed by atoms with Gasteiger partial charge in [-0.1, -0.05) is 24.3 Å². The van der Waals surface area contributed by atoms with Crippen molar-refractivity contribution in [3.8, 4) is 0 Å². The monoisotopic (exact) mass is 258 g/mol. The Morgan fingerprint density at radius 3 is 1.62 bits per heavy atom. The number of aliphatic hydroxyl groups is 2. The van der Waals surface area contributed by atoms with Crippen molar-refractivity contribution in [1.82, 2.24) is 0 Å². The van der Waals surface area contributed by atoms with Crippen LogP contribution in [-0.2, 0) is 11.5 Å². The maximum atomic E-state index is 9.24. The molecule has 2 nitrogen and oxygen atoms in total. The fourth-order valence-corrected chi connectivity index (χ4v) is 2.66.